The lowest BCUT2D eigenvalue weighted by Gasteiger charge is -2.28. The molecule has 7 heteroatoms. The van der Waals surface area contributed by atoms with Gasteiger partial charge in [-0.3, -0.25) is 9.59 Å². The van der Waals surface area contributed by atoms with Gasteiger partial charge in [-0.1, -0.05) is 23.7 Å². The number of para-hydroxylation sites is 2. The van der Waals surface area contributed by atoms with Crippen LogP contribution in [-0.4, -0.2) is 24.4 Å². The van der Waals surface area contributed by atoms with Gasteiger partial charge >= 0.3 is 0 Å². The zero-order valence-corrected chi connectivity index (χ0v) is 14.3. The molecule has 0 saturated heterocycles. The van der Waals surface area contributed by atoms with Gasteiger partial charge in [0.1, 0.15) is 5.82 Å². The second kappa shape index (κ2) is 7.11. The molecule has 1 atom stereocenters. The Kier molecular flexibility index (Phi) is 4.90. The number of rotatable bonds is 3. The fourth-order valence-corrected chi connectivity index (χ4v) is 3.02. The van der Waals surface area contributed by atoms with E-state index in [1.54, 1.807) is 35.2 Å². The Morgan fingerprint density at radius 1 is 1.36 bits per heavy atom. The van der Waals surface area contributed by atoms with Crippen LogP contribution in [0.25, 0.3) is 0 Å². The summed E-state index contributed by atoms with van der Waals surface area (Å²) in [6, 6.07) is 11.0. The van der Waals surface area contributed by atoms with Crippen LogP contribution in [0.15, 0.2) is 42.5 Å². The maximum Gasteiger partial charge on any atom is 0.246 e. The van der Waals surface area contributed by atoms with Crippen LogP contribution in [0.2, 0.25) is 5.02 Å². The lowest BCUT2D eigenvalue weighted by atomic mass is 10.1. The standard InChI is InChI=1S/C18H17ClFN3O2/c1-11-8-17(24)22-15-4-2-3-5-16(15)23(11)18(25)10-21-14-7-6-12(19)9-13(14)20/h2-7,9,11,21H,8,10H2,1H3,(H,22,24). The predicted molar refractivity (Wildman–Crippen MR) is 96.5 cm³/mol. The molecule has 1 aliphatic rings. The number of hydrogen-bond acceptors (Lipinski definition) is 3. The highest BCUT2D eigenvalue weighted by Gasteiger charge is 2.29. The number of fused-ring (bicyclic) bond motifs is 1. The van der Waals surface area contributed by atoms with Crippen molar-refractivity contribution in [2.75, 3.05) is 22.1 Å². The first-order chi connectivity index (χ1) is 12.0. The topological polar surface area (TPSA) is 61.4 Å². The Bertz CT molecular complexity index is 828. The van der Waals surface area contributed by atoms with Gasteiger partial charge in [-0.25, -0.2) is 4.39 Å². The third-order valence-corrected chi connectivity index (χ3v) is 4.22. The fraction of sp³-hybridized carbons (Fsp3) is 0.222. The van der Waals surface area contributed by atoms with E-state index in [1.807, 2.05) is 6.92 Å². The number of nitrogens with zero attached hydrogens (tertiary/aromatic N) is 1. The number of benzene rings is 2. The Hall–Kier alpha value is -2.60. The van der Waals surface area contributed by atoms with E-state index in [0.29, 0.717) is 11.4 Å². The van der Waals surface area contributed by atoms with Crippen LogP contribution in [-0.2, 0) is 9.59 Å². The minimum absolute atomic E-state index is 0.106. The molecule has 0 saturated carbocycles. The number of hydrogen-bond donors (Lipinski definition) is 2. The van der Waals surface area contributed by atoms with Crippen molar-refractivity contribution in [1.82, 2.24) is 0 Å². The monoisotopic (exact) mass is 361 g/mol. The zero-order valence-electron chi connectivity index (χ0n) is 13.6. The molecule has 1 unspecified atom stereocenters. The first-order valence-corrected chi connectivity index (χ1v) is 8.23. The first-order valence-electron chi connectivity index (χ1n) is 7.85. The van der Waals surface area contributed by atoms with E-state index in [9.17, 15) is 14.0 Å². The highest BCUT2D eigenvalue weighted by Crippen LogP contribution is 2.31. The summed E-state index contributed by atoms with van der Waals surface area (Å²) < 4.78 is 13.8. The second-order valence-electron chi connectivity index (χ2n) is 5.86. The molecule has 0 aromatic heterocycles. The van der Waals surface area contributed by atoms with Gasteiger partial charge in [0.2, 0.25) is 11.8 Å². The summed E-state index contributed by atoms with van der Waals surface area (Å²) in [5, 5.41) is 5.88. The van der Waals surface area contributed by atoms with Crippen molar-refractivity contribution in [2.24, 2.45) is 0 Å². The fourth-order valence-electron chi connectivity index (χ4n) is 2.86. The molecule has 2 N–H and O–H groups in total. The van der Waals surface area contributed by atoms with E-state index in [0.717, 1.165) is 0 Å². The Balaban J connectivity index is 1.81. The van der Waals surface area contributed by atoms with E-state index < -0.39 is 5.82 Å². The maximum atomic E-state index is 13.8. The van der Waals surface area contributed by atoms with Crippen molar-refractivity contribution in [2.45, 2.75) is 19.4 Å². The van der Waals surface area contributed by atoms with Gasteiger partial charge in [0.25, 0.3) is 0 Å². The Morgan fingerprint density at radius 3 is 2.88 bits per heavy atom. The average molecular weight is 362 g/mol. The van der Waals surface area contributed by atoms with Crippen LogP contribution in [0.5, 0.6) is 0 Å². The first kappa shape index (κ1) is 17.2. The summed E-state index contributed by atoms with van der Waals surface area (Å²) >= 11 is 5.73. The molecule has 0 aliphatic carbocycles. The van der Waals surface area contributed by atoms with Gasteiger partial charge in [0, 0.05) is 17.5 Å². The molecule has 25 heavy (non-hydrogen) atoms. The summed E-state index contributed by atoms with van der Waals surface area (Å²) in [5.74, 6) is -0.931. The number of amides is 2. The predicted octanol–water partition coefficient (Wildman–Crippen LogP) is 3.65. The highest BCUT2D eigenvalue weighted by atomic mass is 35.5. The minimum atomic E-state index is -0.526. The lowest BCUT2D eigenvalue weighted by Crippen LogP contribution is -2.42. The molecule has 0 bridgehead atoms. The van der Waals surface area contributed by atoms with Crippen molar-refractivity contribution in [3.05, 3.63) is 53.3 Å². The largest absolute Gasteiger partial charge is 0.374 e. The van der Waals surface area contributed by atoms with Crippen LogP contribution in [0.1, 0.15) is 13.3 Å². The highest BCUT2D eigenvalue weighted by molar-refractivity contribution is 6.30. The third kappa shape index (κ3) is 3.74. The van der Waals surface area contributed by atoms with Crippen LogP contribution >= 0.6 is 11.6 Å². The van der Waals surface area contributed by atoms with Gasteiger partial charge in [0.15, 0.2) is 0 Å². The molecular formula is C18H17ClFN3O2. The molecular weight excluding hydrogens is 345 g/mol. The van der Waals surface area contributed by atoms with Crippen molar-refractivity contribution in [3.8, 4) is 0 Å². The molecule has 1 aliphatic heterocycles. The SMILES string of the molecule is CC1CC(=O)Nc2ccccc2N1C(=O)CNc1ccc(Cl)cc1F. The smallest absolute Gasteiger partial charge is 0.246 e. The van der Waals surface area contributed by atoms with Crippen LogP contribution in [0.3, 0.4) is 0 Å². The second-order valence-corrected chi connectivity index (χ2v) is 6.30. The van der Waals surface area contributed by atoms with E-state index in [4.69, 9.17) is 11.6 Å². The summed E-state index contributed by atoms with van der Waals surface area (Å²) in [4.78, 5) is 26.3. The van der Waals surface area contributed by atoms with Crippen molar-refractivity contribution >= 4 is 40.5 Å². The molecule has 0 fully saturated rings. The van der Waals surface area contributed by atoms with Gasteiger partial charge < -0.3 is 15.5 Å². The Morgan fingerprint density at radius 2 is 2.12 bits per heavy atom. The third-order valence-electron chi connectivity index (χ3n) is 3.99. The molecule has 3 rings (SSSR count). The molecule has 130 valence electrons. The maximum absolute atomic E-state index is 13.8. The van der Waals surface area contributed by atoms with E-state index in [1.165, 1.54) is 12.1 Å². The van der Waals surface area contributed by atoms with Gasteiger partial charge in [-0.05, 0) is 37.3 Å². The number of carbonyl (C=O) groups is 2. The number of halogens is 2. The average Bonchev–Trinajstić information content (AvgIpc) is 2.68. The van der Waals surface area contributed by atoms with Crippen molar-refractivity contribution in [3.63, 3.8) is 0 Å². The van der Waals surface area contributed by atoms with E-state index in [-0.39, 0.29) is 41.5 Å². The molecule has 2 aromatic rings. The number of anilines is 3. The van der Waals surface area contributed by atoms with Crippen LogP contribution in [0, 0.1) is 5.82 Å². The molecule has 1 heterocycles. The summed E-state index contributed by atoms with van der Waals surface area (Å²) in [6.07, 6.45) is 0.190. The number of nitrogens with one attached hydrogen (secondary N) is 2. The van der Waals surface area contributed by atoms with Crippen LogP contribution in [0.4, 0.5) is 21.5 Å². The molecule has 5 nitrogen and oxygen atoms in total. The van der Waals surface area contributed by atoms with Gasteiger partial charge in [-0.2, -0.15) is 0 Å². The van der Waals surface area contributed by atoms with Crippen molar-refractivity contribution in [1.29, 1.82) is 0 Å². The molecule has 2 aromatic carbocycles. The summed E-state index contributed by atoms with van der Waals surface area (Å²) in [6.45, 7) is 1.70. The normalized spacial score (nSPS) is 16.7. The van der Waals surface area contributed by atoms with Gasteiger partial charge in [-0.15, -0.1) is 0 Å². The number of carbonyl (C=O) groups excluding carboxylic acids is 2. The van der Waals surface area contributed by atoms with E-state index >= 15 is 0 Å². The zero-order chi connectivity index (χ0) is 18.0. The Labute approximate surface area is 149 Å². The molecule has 0 spiro atoms. The minimum Gasteiger partial charge on any atom is -0.374 e. The quantitative estimate of drug-likeness (QED) is 0.877. The summed E-state index contributed by atoms with van der Waals surface area (Å²) in [7, 11) is 0. The van der Waals surface area contributed by atoms with Crippen molar-refractivity contribution < 1.29 is 14.0 Å². The van der Waals surface area contributed by atoms with Gasteiger partial charge in [0.05, 0.1) is 23.6 Å². The van der Waals surface area contributed by atoms with Crippen LogP contribution < -0.4 is 15.5 Å². The van der Waals surface area contributed by atoms with E-state index in [2.05, 4.69) is 10.6 Å². The summed E-state index contributed by atoms with van der Waals surface area (Å²) in [5.41, 5.74) is 1.41. The lowest BCUT2D eigenvalue weighted by molar-refractivity contribution is -0.118. The molecule has 0 radical (unpaired) electrons. The molecule has 2 amide bonds.